The maximum Gasteiger partial charge on any atom is 0.490 e. The maximum absolute atomic E-state index is 11.8. The second-order valence-electron chi connectivity index (χ2n) is 5.87. The summed E-state index contributed by atoms with van der Waals surface area (Å²) in [6.07, 6.45) is -2.25. The van der Waals surface area contributed by atoms with Crippen LogP contribution in [-0.2, 0) is 31.6 Å². The minimum absolute atomic E-state index is 0.127. The summed E-state index contributed by atoms with van der Waals surface area (Å²) in [5, 5.41) is 9.14. The standard InChI is InChI=1S/C10H16ClN2O12P3S2/c1-4-2-13(10(30)12-8(4)29)9-6(11)7(14)5(23-9)3-22-27(18,19)25-28(20,21)24-26(15,16)17/h2,5-7,9,14H,3H2,1H3,(H,18,19)(H,20,21)(H,12,29,30)(H2,15,16,17)/t5-,6+,7?,9-/m0/s1. The van der Waals surface area contributed by atoms with Crippen molar-refractivity contribution in [1.29, 1.82) is 0 Å². The van der Waals surface area contributed by atoms with Gasteiger partial charge < -0.3 is 34.4 Å². The Kier molecular flexibility index (Phi) is 8.41. The summed E-state index contributed by atoms with van der Waals surface area (Å²) >= 11 is 16.4. The molecular weight excluding hydrogens is 533 g/mol. The number of phosphoric acid groups is 3. The molecule has 6 atom stereocenters. The SMILES string of the molecule is Cc1cn([C@H]2O[C@@H](COP(=O)(O)OP(=O)(O)OP(=O)(O)O)C(O)[C@H]2Cl)c(=S)[nH]c1=S. The number of hydrogen-bond donors (Lipinski definition) is 6. The molecule has 14 nitrogen and oxygen atoms in total. The van der Waals surface area contributed by atoms with Crippen LogP contribution in [0.3, 0.4) is 0 Å². The summed E-state index contributed by atoms with van der Waals surface area (Å²) in [6.45, 7) is 0.825. The fraction of sp³-hybridized carbons (Fsp3) is 0.600. The third-order valence-corrected chi connectivity index (χ3v) is 8.54. The molecular formula is C10H16ClN2O12P3S2. The molecule has 0 aromatic carbocycles. The monoisotopic (exact) mass is 548 g/mol. The Balaban J connectivity index is 2.09. The molecule has 0 radical (unpaired) electrons. The van der Waals surface area contributed by atoms with Crippen molar-refractivity contribution in [2.75, 3.05) is 6.61 Å². The molecule has 1 fully saturated rings. The van der Waals surface area contributed by atoms with Crippen LogP contribution in [0.5, 0.6) is 0 Å². The highest BCUT2D eigenvalue weighted by Crippen LogP contribution is 2.66. The largest absolute Gasteiger partial charge is 0.490 e. The van der Waals surface area contributed by atoms with E-state index in [9.17, 15) is 23.7 Å². The molecule has 30 heavy (non-hydrogen) atoms. The first-order valence-electron chi connectivity index (χ1n) is 7.59. The number of hydrogen-bond acceptors (Lipinski definition) is 10. The molecule has 0 bridgehead atoms. The van der Waals surface area contributed by atoms with Crippen LogP contribution in [0.25, 0.3) is 0 Å². The van der Waals surface area contributed by atoms with Gasteiger partial charge in [-0.2, -0.15) is 8.62 Å². The van der Waals surface area contributed by atoms with Gasteiger partial charge in [0.05, 0.1) is 6.61 Å². The lowest BCUT2D eigenvalue weighted by atomic mass is 10.2. The molecule has 1 saturated heterocycles. The molecule has 1 aliphatic heterocycles. The van der Waals surface area contributed by atoms with Gasteiger partial charge in [0.15, 0.2) is 11.0 Å². The number of alkyl halides is 1. The second kappa shape index (κ2) is 9.56. The number of aryl methyl sites for hydroxylation is 1. The minimum atomic E-state index is -5.66. The highest BCUT2D eigenvalue weighted by atomic mass is 35.5. The number of ether oxygens (including phenoxy) is 1. The van der Waals surface area contributed by atoms with E-state index in [1.54, 1.807) is 6.92 Å². The molecule has 0 spiro atoms. The lowest BCUT2D eigenvalue weighted by Gasteiger charge is -2.19. The molecule has 0 aliphatic carbocycles. The number of halogens is 1. The van der Waals surface area contributed by atoms with Gasteiger partial charge in [-0.15, -0.1) is 11.6 Å². The molecule has 1 aliphatic rings. The van der Waals surface area contributed by atoms with Crippen molar-refractivity contribution in [3.05, 3.63) is 21.2 Å². The first-order chi connectivity index (χ1) is 13.5. The van der Waals surface area contributed by atoms with Crippen LogP contribution in [0.2, 0.25) is 0 Å². The van der Waals surface area contributed by atoms with Gasteiger partial charge in [0.25, 0.3) is 0 Å². The lowest BCUT2D eigenvalue weighted by molar-refractivity contribution is -0.0442. The van der Waals surface area contributed by atoms with Crippen LogP contribution in [0, 0.1) is 16.3 Å². The third-order valence-electron chi connectivity index (χ3n) is 3.53. The molecule has 20 heteroatoms. The van der Waals surface area contributed by atoms with Crippen LogP contribution in [0.1, 0.15) is 11.8 Å². The van der Waals surface area contributed by atoms with Crippen molar-refractivity contribution in [1.82, 2.24) is 9.55 Å². The normalized spacial score (nSPS) is 28.8. The molecule has 1 aromatic heterocycles. The van der Waals surface area contributed by atoms with Crippen molar-refractivity contribution in [2.24, 2.45) is 0 Å². The summed E-state index contributed by atoms with van der Waals surface area (Å²) < 4.78 is 52.7. The second-order valence-corrected chi connectivity index (χ2v) is 11.6. The summed E-state index contributed by atoms with van der Waals surface area (Å²) in [5.41, 5.74) is 0.622. The fourth-order valence-electron chi connectivity index (χ4n) is 2.31. The van der Waals surface area contributed by atoms with Gasteiger partial charge in [-0.3, -0.25) is 9.09 Å². The Bertz CT molecular complexity index is 1060. The highest BCUT2D eigenvalue weighted by molar-refractivity contribution is 7.72. The molecule has 2 heterocycles. The van der Waals surface area contributed by atoms with E-state index in [1.807, 2.05) is 0 Å². The molecule has 0 amide bonds. The number of aromatic nitrogens is 2. The molecule has 6 N–H and O–H groups in total. The zero-order valence-corrected chi connectivity index (χ0v) is 19.7. The summed E-state index contributed by atoms with van der Waals surface area (Å²) in [6, 6.07) is 0. The van der Waals surface area contributed by atoms with Gasteiger partial charge in [0, 0.05) is 11.8 Å². The van der Waals surface area contributed by atoms with Crippen LogP contribution >= 0.6 is 59.5 Å². The maximum atomic E-state index is 11.8. The predicted octanol–water partition coefficient (Wildman–Crippen LogP) is 1.79. The minimum Gasteiger partial charge on any atom is -0.389 e. The summed E-state index contributed by atoms with van der Waals surface area (Å²) in [4.78, 5) is 38.3. The fourth-order valence-corrected chi connectivity index (χ4v) is 6.16. The Morgan fingerprint density at radius 3 is 2.37 bits per heavy atom. The molecule has 172 valence electrons. The Hall–Kier alpha value is 0.140. The van der Waals surface area contributed by atoms with Crippen LogP contribution in [0.15, 0.2) is 6.20 Å². The van der Waals surface area contributed by atoms with Crippen molar-refractivity contribution in [3.8, 4) is 0 Å². The average molecular weight is 549 g/mol. The quantitative estimate of drug-likeness (QED) is 0.155. The van der Waals surface area contributed by atoms with Crippen molar-refractivity contribution >= 4 is 59.5 Å². The number of rotatable bonds is 8. The Morgan fingerprint density at radius 1 is 1.20 bits per heavy atom. The number of nitrogens with one attached hydrogen (secondary N) is 1. The molecule has 1 aromatic rings. The number of H-pyrrole nitrogens is 1. The van der Waals surface area contributed by atoms with Crippen LogP contribution in [0.4, 0.5) is 0 Å². The van der Waals surface area contributed by atoms with Gasteiger partial charge in [-0.1, -0.05) is 12.2 Å². The number of aliphatic hydroxyl groups is 1. The van der Waals surface area contributed by atoms with E-state index in [0.29, 0.717) is 10.2 Å². The van der Waals surface area contributed by atoms with Gasteiger partial charge >= 0.3 is 23.5 Å². The highest BCUT2D eigenvalue weighted by Gasteiger charge is 2.46. The number of aliphatic hydroxyl groups excluding tert-OH is 1. The van der Waals surface area contributed by atoms with Gasteiger partial charge in [-0.25, -0.2) is 13.7 Å². The topological polar surface area (TPSA) is 210 Å². The van der Waals surface area contributed by atoms with Gasteiger partial charge in [0.2, 0.25) is 0 Å². The van der Waals surface area contributed by atoms with Crippen molar-refractivity contribution in [2.45, 2.75) is 30.7 Å². The third kappa shape index (κ3) is 7.07. The van der Waals surface area contributed by atoms with Crippen LogP contribution in [-0.4, -0.2) is 58.4 Å². The van der Waals surface area contributed by atoms with E-state index in [0.717, 1.165) is 0 Å². The van der Waals surface area contributed by atoms with Crippen molar-refractivity contribution < 1.29 is 56.3 Å². The smallest absolute Gasteiger partial charge is 0.389 e. The number of aromatic amines is 1. The molecule has 0 saturated carbocycles. The van der Waals surface area contributed by atoms with Gasteiger partial charge in [-0.05, 0) is 19.1 Å². The van der Waals surface area contributed by atoms with E-state index >= 15 is 0 Å². The first-order valence-corrected chi connectivity index (χ1v) is 13.4. The van der Waals surface area contributed by atoms with E-state index in [2.05, 4.69) is 18.1 Å². The zero-order chi connectivity index (χ0) is 23.1. The Labute approximate surface area is 183 Å². The van der Waals surface area contributed by atoms with Crippen molar-refractivity contribution in [3.63, 3.8) is 0 Å². The average Bonchev–Trinajstić information content (AvgIpc) is 2.81. The number of phosphoric ester groups is 1. The molecule has 2 rings (SSSR count). The lowest BCUT2D eigenvalue weighted by Crippen LogP contribution is -2.30. The van der Waals surface area contributed by atoms with E-state index in [4.69, 9.17) is 55.5 Å². The van der Waals surface area contributed by atoms with Crippen LogP contribution < -0.4 is 0 Å². The zero-order valence-electron chi connectivity index (χ0n) is 14.7. The Morgan fingerprint density at radius 2 is 1.80 bits per heavy atom. The van der Waals surface area contributed by atoms with Gasteiger partial charge in [0.1, 0.15) is 22.2 Å². The molecule has 3 unspecified atom stereocenters. The predicted molar refractivity (Wildman–Crippen MR) is 105 cm³/mol. The summed E-state index contributed by atoms with van der Waals surface area (Å²) in [5.74, 6) is 0. The summed E-state index contributed by atoms with van der Waals surface area (Å²) in [7, 11) is -16.6. The number of nitrogens with zero attached hydrogens (tertiary/aromatic N) is 1. The first kappa shape index (κ1) is 26.4. The van der Waals surface area contributed by atoms with E-state index in [-0.39, 0.29) is 4.77 Å². The van der Waals surface area contributed by atoms with E-state index < -0.39 is 53.9 Å². The van der Waals surface area contributed by atoms with E-state index in [1.165, 1.54) is 10.8 Å².